The molecule has 0 saturated heterocycles. The maximum Gasteiger partial charge on any atom is 0.412 e. The molecule has 7 nitrogen and oxygen atoms in total. The Bertz CT molecular complexity index is 1200. The van der Waals surface area contributed by atoms with E-state index >= 15 is 0 Å². The Kier molecular flexibility index (Phi) is 7.60. The lowest BCUT2D eigenvalue weighted by atomic mass is 10.1. The smallest absolute Gasteiger partial charge is 0.412 e. The van der Waals surface area contributed by atoms with Crippen molar-refractivity contribution in [2.45, 2.75) is 6.92 Å². The van der Waals surface area contributed by atoms with Gasteiger partial charge in [-0.3, -0.25) is 5.32 Å². The zero-order chi connectivity index (χ0) is 23.1. The molecule has 162 valence electrons. The summed E-state index contributed by atoms with van der Waals surface area (Å²) in [6.07, 6.45) is 1.04. The second kappa shape index (κ2) is 10.6. The van der Waals surface area contributed by atoms with Gasteiger partial charge in [0.05, 0.1) is 24.9 Å². The maximum absolute atomic E-state index is 12.0. The molecule has 0 atom stereocenters. The number of carbonyl (C=O) groups excluding carboxylic acids is 2. The molecule has 0 aliphatic rings. The molecule has 3 rings (SSSR count). The van der Waals surface area contributed by atoms with Crippen LogP contribution >= 0.6 is 22.9 Å². The molecule has 32 heavy (non-hydrogen) atoms. The Morgan fingerprint density at radius 2 is 1.88 bits per heavy atom. The number of amides is 1. The van der Waals surface area contributed by atoms with Crippen molar-refractivity contribution in [3.05, 3.63) is 69.7 Å². The molecule has 1 heterocycles. The summed E-state index contributed by atoms with van der Waals surface area (Å²) in [5.74, 6) is -0.441. The van der Waals surface area contributed by atoms with Gasteiger partial charge in [-0.1, -0.05) is 47.2 Å². The monoisotopic (exact) mass is 467 g/mol. The number of anilines is 1. The van der Waals surface area contributed by atoms with Gasteiger partial charge in [0.2, 0.25) is 0 Å². The van der Waals surface area contributed by atoms with Crippen LogP contribution in [0.1, 0.15) is 27.9 Å². The number of allylic oxidation sites excluding steroid dienone is 1. The van der Waals surface area contributed by atoms with Crippen LogP contribution in [-0.4, -0.2) is 30.8 Å². The summed E-state index contributed by atoms with van der Waals surface area (Å²) >= 11 is 7.14. The number of aromatic nitrogens is 1. The number of rotatable bonds is 6. The Morgan fingerprint density at radius 1 is 1.19 bits per heavy atom. The van der Waals surface area contributed by atoms with Crippen molar-refractivity contribution >= 4 is 51.7 Å². The molecular formula is C23H18ClN3O4S. The SMILES string of the molecule is CCOC(=O)Nc1sc(/C(C#N)=C/c2ccc(C(=O)OC)cc2)nc1-c1ccc(Cl)cc1. The van der Waals surface area contributed by atoms with E-state index in [0.29, 0.717) is 37.4 Å². The molecule has 0 fully saturated rings. The summed E-state index contributed by atoms with van der Waals surface area (Å²) in [7, 11) is 1.31. The normalized spacial score (nSPS) is 10.9. The van der Waals surface area contributed by atoms with E-state index in [-0.39, 0.29) is 6.61 Å². The van der Waals surface area contributed by atoms with Gasteiger partial charge in [0, 0.05) is 10.6 Å². The van der Waals surface area contributed by atoms with Crippen molar-refractivity contribution in [3.63, 3.8) is 0 Å². The number of nitrogens with one attached hydrogen (secondary N) is 1. The van der Waals surface area contributed by atoms with Gasteiger partial charge < -0.3 is 9.47 Å². The molecule has 9 heteroatoms. The van der Waals surface area contributed by atoms with Gasteiger partial charge in [-0.2, -0.15) is 5.26 Å². The van der Waals surface area contributed by atoms with Crippen LogP contribution in [0.2, 0.25) is 5.02 Å². The van der Waals surface area contributed by atoms with Crippen LogP contribution < -0.4 is 5.32 Å². The summed E-state index contributed by atoms with van der Waals surface area (Å²) in [6, 6.07) is 15.8. The first-order valence-corrected chi connectivity index (χ1v) is 10.7. The summed E-state index contributed by atoms with van der Waals surface area (Å²) in [5, 5.41) is 13.9. The van der Waals surface area contributed by atoms with E-state index in [1.54, 1.807) is 61.5 Å². The third-order valence-corrected chi connectivity index (χ3v) is 5.49. The number of ether oxygens (including phenoxy) is 2. The lowest BCUT2D eigenvalue weighted by Gasteiger charge is -2.05. The molecular weight excluding hydrogens is 450 g/mol. The van der Waals surface area contributed by atoms with E-state index in [9.17, 15) is 14.9 Å². The molecule has 2 aromatic carbocycles. The number of nitriles is 1. The van der Waals surface area contributed by atoms with Gasteiger partial charge >= 0.3 is 12.1 Å². The molecule has 3 aromatic rings. The van der Waals surface area contributed by atoms with E-state index in [0.717, 1.165) is 16.9 Å². The van der Waals surface area contributed by atoms with Gasteiger partial charge in [0.15, 0.2) is 0 Å². The molecule has 0 aliphatic heterocycles. The summed E-state index contributed by atoms with van der Waals surface area (Å²) in [5.41, 5.74) is 2.63. The fourth-order valence-electron chi connectivity index (χ4n) is 2.73. The lowest BCUT2D eigenvalue weighted by molar-refractivity contribution is 0.0600. The highest BCUT2D eigenvalue weighted by Crippen LogP contribution is 2.37. The predicted octanol–water partition coefficient (Wildman–Crippen LogP) is 5.88. The Balaban J connectivity index is 2.00. The van der Waals surface area contributed by atoms with Crippen LogP contribution in [0.5, 0.6) is 0 Å². The van der Waals surface area contributed by atoms with Crippen molar-refractivity contribution in [1.29, 1.82) is 5.26 Å². The number of esters is 1. The average molecular weight is 468 g/mol. The van der Waals surface area contributed by atoms with Crippen molar-refractivity contribution in [2.75, 3.05) is 19.0 Å². The molecule has 0 unspecified atom stereocenters. The fraction of sp³-hybridized carbons (Fsp3) is 0.130. The van der Waals surface area contributed by atoms with E-state index in [4.69, 9.17) is 21.1 Å². The van der Waals surface area contributed by atoms with E-state index in [2.05, 4.69) is 16.4 Å². The van der Waals surface area contributed by atoms with Crippen molar-refractivity contribution < 1.29 is 19.1 Å². The number of nitrogens with zero attached hydrogens (tertiary/aromatic N) is 2. The minimum absolute atomic E-state index is 0.221. The van der Waals surface area contributed by atoms with Gasteiger partial charge in [0.25, 0.3) is 0 Å². The van der Waals surface area contributed by atoms with Crippen LogP contribution in [0.15, 0.2) is 48.5 Å². The van der Waals surface area contributed by atoms with Gasteiger partial charge in [-0.15, -0.1) is 0 Å². The highest BCUT2D eigenvalue weighted by Gasteiger charge is 2.18. The molecule has 0 spiro atoms. The Morgan fingerprint density at radius 3 is 2.47 bits per heavy atom. The number of methoxy groups -OCH3 is 1. The van der Waals surface area contributed by atoms with Crippen LogP contribution in [0.3, 0.4) is 0 Å². The number of hydrogen-bond donors (Lipinski definition) is 1. The number of benzene rings is 2. The summed E-state index contributed by atoms with van der Waals surface area (Å²) < 4.78 is 9.67. The van der Waals surface area contributed by atoms with E-state index in [1.165, 1.54) is 7.11 Å². The lowest BCUT2D eigenvalue weighted by Crippen LogP contribution is -2.12. The first-order chi connectivity index (χ1) is 15.4. The summed E-state index contributed by atoms with van der Waals surface area (Å²) in [6.45, 7) is 1.93. The topological polar surface area (TPSA) is 101 Å². The van der Waals surface area contributed by atoms with Crippen LogP contribution in [0.25, 0.3) is 22.9 Å². The quantitative estimate of drug-likeness (QED) is 0.358. The van der Waals surface area contributed by atoms with Crippen LogP contribution in [0, 0.1) is 11.3 Å². The zero-order valence-corrected chi connectivity index (χ0v) is 18.8. The Labute approximate surface area is 193 Å². The first kappa shape index (κ1) is 23.0. The predicted molar refractivity (Wildman–Crippen MR) is 124 cm³/mol. The minimum atomic E-state index is -0.612. The van der Waals surface area contributed by atoms with Gasteiger partial charge in [0.1, 0.15) is 21.8 Å². The molecule has 0 aliphatic carbocycles. The number of hydrogen-bond acceptors (Lipinski definition) is 7. The second-order valence-electron chi connectivity index (χ2n) is 6.33. The average Bonchev–Trinajstić information content (AvgIpc) is 3.21. The van der Waals surface area contributed by atoms with Gasteiger partial charge in [-0.05, 0) is 42.8 Å². The van der Waals surface area contributed by atoms with Gasteiger partial charge in [-0.25, -0.2) is 14.6 Å². The molecule has 0 radical (unpaired) electrons. The highest BCUT2D eigenvalue weighted by atomic mass is 35.5. The first-order valence-electron chi connectivity index (χ1n) is 9.46. The fourth-order valence-corrected chi connectivity index (χ4v) is 3.79. The number of carbonyl (C=O) groups is 2. The largest absolute Gasteiger partial charge is 0.465 e. The third kappa shape index (κ3) is 5.52. The maximum atomic E-state index is 12.0. The molecule has 1 aromatic heterocycles. The standard InChI is InChI=1S/C23H18ClN3O4S/c1-3-31-23(29)27-21-19(15-8-10-18(24)11-9-15)26-20(32-21)17(13-25)12-14-4-6-16(7-5-14)22(28)30-2/h4-12H,3H2,1-2H3,(H,27,29)/b17-12+. The highest BCUT2D eigenvalue weighted by molar-refractivity contribution is 7.17. The van der Waals surface area contributed by atoms with Crippen molar-refractivity contribution in [1.82, 2.24) is 4.98 Å². The third-order valence-electron chi connectivity index (χ3n) is 4.23. The van der Waals surface area contributed by atoms with Crippen LogP contribution in [-0.2, 0) is 9.47 Å². The van der Waals surface area contributed by atoms with Crippen molar-refractivity contribution in [2.24, 2.45) is 0 Å². The van der Waals surface area contributed by atoms with E-state index < -0.39 is 12.1 Å². The Hall–Kier alpha value is -3.67. The van der Waals surface area contributed by atoms with Crippen LogP contribution in [0.4, 0.5) is 9.80 Å². The molecule has 1 amide bonds. The molecule has 1 N–H and O–H groups in total. The van der Waals surface area contributed by atoms with E-state index in [1.807, 2.05) is 0 Å². The zero-order valence-electron chi connectivity index (χ0n) is 17.2. The molecule has 0 saturated carbocycles. The number of thiazole rings is 1. The minimum Gasteiger partial charge on any atom is -0.465 e. The van der Waals surface area contributed by atoms with Crippen molar-refractivity contribution in [3.8, 4) is 17.3 Å². The second-order valence-corrected chi connectivity index (χ2v) is 7.77. The number of halogens is 1. The molecule has 0 bridgehead atoms. The summed E-state index contributed by atoms with van der Waals surface area (Å²) in [4.78, 5) is 28.2.